The molecule has 0 radical (unpaired) electrons. The third kappa shape index (κ3) is 2.23. The fourth-order valence-electron chi connectivity index (χ4n) is 2.38. The maximum absolute atomic E-state index is 12.4. The molecule has 4 nitrogen and oxygen atoms in total. The van der Waals surface area contributed by atoms with Crippen LogP contribution in [-0.4, -0.2) is 19.0 Å². The number of benzene rings is 1. The fraction of sp³-hybridized carbons (Fsp3) is 0.467. The molecule has 0 aromatic heterocycles. The van der Waals surface area contributed by atoms with Gasteiger partial charge in [0.05, 0.1) is 7.11 Å². The second-order valence-corrected chi connectivity index (χ2v) is 5.13. The fourth-order valence-corrected chi connectivity index (χ4v) is 2.38. The molecule has 1 N–H and O–H groups in total. The number of anilines is 1. The summed E-state index contributed by atoms with van der Waals surface area (Å²) in [6.07, 6.45) is 2.02. The minimum Gasteiger partial charge on any atom is -0.468 e. The molecule has 1 aromatic rings. The van der Waals surface area contributed by atoms with E-state index in [1.807, 2.05) is 32.0 Å². The summed E-state index contributed by atoms with van der Waals surface area (Å²) < 4.78 is 4.77. The number of ether oxygens (including phenoxy) is 1. The highest BCUT2D eigenvalue weighted by Crippen LogP contribution is 2.43. The van der Waals surface area contributed by atoms with Crippen LogP contribution in [0.5, 0.6) is 0 Å². The summed E-state index contributed by atoms with van der Waals surface area (Å²) in [7, 11) is 1.33. The van der Waals surface area contributed by atoms with Crippen molar-refractivity contribution >= 4 is 17.6 Å². The zero-order valence-corrected chi connectivity index (χ0v) is 11.6. The standard InChI is InChI=1S/C15H19NO3/c1-10-6-4-7-12(11(10)2)16-13(17)15(8-5-9-15)14(18)19-3/h4,6-7H,5,8-9H2,1-3H3,(H,16,17). The van der Waals surface area contributed by atoms with Gasteiger partial charge in [0.25, 0.3) is 0 Å². The van der Waals surface area contributed by atoms with Crippen molar-refractivity contribution in [1.29, 1.82) is 0 Å². The van der Waals surface area contributed by atoms with Crippen LogP contribution < -0.4 is 5.32 Å². The topological polar surface area (TPSA) is 55.4 Å². The average molecular weight is 261 g/mol. The number of rotatable bonds is 3. The van der Waals surface area contributed by atoms with Gasteiger partial charge in [-0.3, -0.25) is 9.59 Å². The molecule has 0 aliphatic heterocycles. The molecule has 19 heavy (non-hydrogen) atoms. The van der Waals surface area contributed by atoms with Gasteiger partial charge in [-0.15, -0.1) is 0 Å². The van der Waals surface area contributed by atoms with Crippen LogP contribution in [0.2, 0.25) is 0 Å². The van der Waals surface area contributed by atoms with E-state index in [4.69, 9.17) is 4.74 Å². The monoisotopic (exact) mass is 261 g/mol. The Bertz CT molecular complexity index is 518. The van der Waals surface area contributed by atoms with Crippen molar-refractivity contribution in [2.75, 3.05) is 12.4 Å². The van der Waals surface area contributed by atoms with Crippen LogP contribution in [0.4, 0.5) is 5.69 Å². The van der Waals surface area contributed by atoms with Gasteiger partial charge in [-0.2, -0.15) is 0 Å². The molecule has 4 heteroatoms. The molecule has 0 atom stereocenters. The number of aryl methyl sites for hydroxylation is 1. The third-order valence-electron chi connectivity index (χ3n) is 4.07. The van der Waals surface area contributed by atoms with E-state index < -0.39 is 11.4 Å². The van der Waals surface area contributed by atoms with Gasteiger partial charge in [0.1, 0.15) is 5.41 Å². The Labute approximate surface area is 113 Å². The summed E-state index contributed by atoms with van der Waals surface area (Å²) in [5, 5.41) is 2.87. The SMILES string of the molecule is COC(=O)C1(C(=O)Nc2cccc(C)c2C)CCC1. The highest BCUT2D eigenvalue weighted by molar-refractivity contribution is 6.09. The minimum atomic E-state index is -0.981. The van der Waals surface area contributed by atoms with E-state index >= 15 is 0 Å². The normalized spacial score (nSPS) is 16.4. The second kappa shape index (κ2) is 5.03. The van der Waals surface area contributed by atoms with Gasteiger partial charge in [0, 0.05) is 5.69 Å². The maximum Gasteiger partial charge on any atom is 0.321 e. The number of hydrogen-bond donors (Lipinski definition) is 1. The zero-order chi connectivity index (χ0) is 14.0. The van der Waals surface area contributed by atoms with Crippen LogP contribution in [0.15, 0.2) is 18.2 Å². The summed E-state index contributed by atoms with van der Waals surface area (Å²) in [5.41, 5.74) is 1.92. The molecule has 2 rings (SSSR count). The molecular weight excluding hydrogens is 242 g/mol. The van der Waals surface area contributed by atoms with Gasteiger partial charge >= 0.3 is 5.97 Å². The molecule has 1 aliphatic carbocycles. The smallest absolute Gasteiger partial charge is 0.321 e. The largest absolute Gasteiger partial charge is 0.468 e. The highest BCUT2D eigenvalue weighted by atomic mass is 16.5. The molecule has 1 aromatic carbocycles. The van der Waals surface area contributed by atoms with Crippen LogP contribution in [0, 0.1) is 19.3 Å². The maximum atomic E-state index is 12.4. The average Bonchev–Trinajstić information content (AvgIpc) is 2.33. The number of carbonyl (C=O) groups is 2. The Morgan fingerprint density at radius 3 is 2.47 bits per heavy atom. The number of carbonyl (C=O) groups excluding carboxylic acids is 2. The summed E-state index contributed by atoms with van der Waals surface area (Å²) in [4.78, 5) is 24.2. The summed E-state index contributed by atoms with van der Waals surface area (Å²) in [5.74, 6) is -0.680. The van der Waals surface area contributed by atoms with E-state index in [2.05, 4.69) is 5.32 Å². The lowest BCUT2D eigenvalue weighted by molar-refractivity contribution is -0.163. The predicted octanol–water partition coefficient (Wildman–Crippen LogP) is 2.59. The van der Waals surface area contributed by atoms with Gasteiger partial charge in [-0.25, -0.2) is 0 Å². The molecule has 0 unspecified atom stereocenters. The van der Waals surface area contributed by atoms with E-state index in [0.717, 1.165) is 23.2 Å². The van der Waals surface area contributed by atoms with E-state index in [1.54, 1.807) is 0 Å². The molecule has 0 spiro atoms. The first-order valence-corrected chi connectivity index (χ1v) is 6.47. The first-order valence-electron chi connectivity index (χ1n) is 6.47. The van der Waals surface area contributed by atoms with Crippen LogP contribution in [0.1, 0.15) is 30.4 Å². The summed E-state index contributed by atoms with van der Waals surface area (Å²) >= 11 is 0. The van der Waals surface area contributed by atoms with Crippen LogP contribution >= 0.6 is 0 Å². The van der Waals surface area contributed by atoms with E-state index in [9.17, 15) is 9.59 Å². The number of nitrogens with one attached hydrogen (secondary N) is 1. The molecule has 0 bridgehead atoms. The Hall–Kier alpha value is -1.84. The molecule has 1 amide bonds. The van der Waals surface area contributed by atoms with Crippen LogP contribution in [0.25, 0.3) is 0 Å². The Balaban J connectivity index is 2.21. The van der Waals surface area contributed by atoms with Gasteiger partial charge < -0.3 is 10.1 Å². The van der Waals surface area contributed by atoms with Crippen molar-refractivity contribution in [3.05, 3.63) is 29.3 Å². The van der Waals surface area contributed by atoms with Crippen molar-refractivity contribution in [1.82, 2.24) is 0 Å². The highest BCUT2D eigenvalue weighted by Gasteiger charge is 2.52. The Kier molecular flexibility index (Phi) is 3.60. The van der Waals surface area contributed by atoms with Gasteiger partial charge in [-0.05, 0) is 43.9 Å². The first-order chi connectivity index (χ1) is 9.01. The lowest BCUT2D eigenvalue weighted by atomic mass is 9.68. The molecule has 0 saturated heterocycles. The predicted molar refractivity (Wildman–Crippen MR) is 72.8 cm³/mol. The van der Waals surface area contributed by atoms with Crippen LogP contribution in [-0.2, 0) is 14.3 Å². The van der Waals surface area contributed by atoms with E-state index in [-0.39, 0.29) is 5.91 Å². The summed E-state index contributed by atoms with van der Waals surface area (Å²) in [6.45, 7) is 3.95. The molecule has 102 valence electrons. The lowest BCUT2D eigenvalue weighted by Crippen LogP contribution is -2.48. The Morgan fingerprint density at radius 2 is 1.95 bits per heavy atom. The number of methoxy groups -OCH3 is 1. The van der Waals surface area contributed by atoms with E-state index in [0.29, 0.717) is 12.8 Å². The Morgan fingerprint density at radius 1 is 1.26 bits per heavy atom. The zero-order valence-electron chi connectivity index (χ0n) is 11.6. The van der Waals surface area contributed by atoms with Crippen molar-refractivity contribution in [2.45, 2.75) is 33.1 Å². The minimum absolute atomic E-state index is 0.251. The number of hydrogen-bond acceptors (Lipinski definition) is 3. The third-order valence-corrected chi connectivity index (χ3v) is 4.07. The van der Waals surface area contributed by atoms with Gasteiger partial charge in [0.15, 0.2) is 0 Å². The van der Waals surface area contributed by atoms with Gasteiger partial charge in [0.2, 0.25) is 5.91 Å². The van der Waals surface area contributed by atoms with Crippen molar-refractivity contribution in [3.8, 4) is 0 Å². The van der Waals surface area contributed by atoms with Crippen molar-refractivity contribution < 1.29 is 14.3 Å². The van der Waals surface area contributed by atoms with Crippen LogP contribution in [0.3, 0.4) is 0 Å². The second-order valence-electron chi connectivity index (χ2n) is 5.13. The number of esters is 1. The van der Waals surface area contributed by atoms with Crippen molar-refractivity contribution in [2.24, 2.45) is 5.41 Å². The molecular formula is C15H19NO3. The van der Waals surface area contributed by atoms with E-state index in [1.165, 1.54) is 7.11 Å². The quantitative estimate of drug-likeness (QED) is 0.672. The van der Waals surface area contributed by atoms with Crippen molar-refractivity contribution in [3.63, 3.8) is 0 Å². The first kappa shape index (κ1) is 13.6. The molecule has 1 fully saturated rings. The molecule has 0 heterocycles. The van der Waals surface area contributed by atoms with Gasteiger partial charge in [-0.1, -0.05) is 18.6 Å². The molecule has 1 aliphatic rings. The summed E-state index contributed by atoms with van der Waals surface area (Å²) in [6, 6.07) is 5.73. The lowest BCUT2D eigenvalue weighted by Gasteiger charge is -2.37. The molecule has 1 saturated carbocycles. The number of amides is 1.